The van der Waals surface area contributed by atoms with Crippen molar-refractivity contribution in [3.05, 3.63) is 0 Å². The molecule has 1 aliphatic heterocycles. The van der Waals surface area contributed by atoms with Crippen molar-refractivity contribution in [2.75, 3.05) is 44.1 Å². The molecule has 1 aliphatic rings. The molecule has 0 radical (unpaired) electrons. The van der Waals surface area contributed by atoms with Gasteiger partial charge in [-0.15, -0.1) is 0 Å². The van der Waals surface area contributed by atoms with E-state index in [0.29, 0.717) is 18.9 Å². The van der Waals surface area contributed by atoms with Crippen LogP contribution >= 0.6 is 11.8 Å². The second-order valence-electron chi connectivity index (χ2n) is 4.76. The second-order valence-corrected chi connectivity index (χ2v) is 8.36. The minimum absolute atomic E-state index is 0.153. The maximum atomic E-state index is 12.2. The highest BCUT2D eigenvalue weighted by atomic mass is 32.2. The van der Waals surface area contributed by atoms with E-state index in [2.05, 4.69) is 4.90 Å². The van der Waals surface area contributed by atoms with E-state index in [1.54, 1.807) is 25.8 Å². The van der Waals surface area contributed by atoms with Crippen LogP contribution in [-0.2, 0) is 14.6 Å². The zero-order chi connectivity index (χ0) is 14.3. The van der Waals surface area contributed by atoms with E-state index in [0.717, 1.165) is 25.1 Å². The number of sulfone groups is 1. The summed E-state index contributed by atoms with van der Waals surface area (Å²) in [6.45, 7) is 3.74. The van der Waals surface area contributed by atoms with Gasteiger partial charge in [0.1, 0.15) is 5.37 Å². The minimum atomic E-state index is -3.04. The lowest BCUT2D eigenvalue weighted by molar-refractivity contribution is 0.0814. The van der Waals surface area contributed by atoms with Crippen molar-refractivity contribution in [3.63, 3.8) is 0 Å². The Balaban J connectivity index is 2.83. The Morgan fingerprint density at radius 1 is 1.53 bits per heavy atom. The third-order valence-electron chi connectivity index (χ3n) is 3.51. The van der Waals surface area contributed by atoms with E-state index in [1.807, 2.05) is 0 Å². The first-order chi connectivity index (χ1) is 9.06. The Bertz CT molecular complexity index is 349. The Morgan fingerprint density at radius 3 is 2.84 bits per heavy atom. The first-order valence-corrected chi connectivity index (χ1v) is 9.67. The molecule has 1 fully saturated rings. The van der Waals surface area contributed by atoms with Gasteiger partial charge >= 0.3 is 0 Å². The van der Waals surface area contributed by atoms with Crippen LogP contribution in [0.2, 0.25) is 0 Å². The van der Waals surface area contributed by atoms with Gasteiger partial charge in [0.25, 0.3) is 0 Å². The topological polar surface area (TPSA) is 72.6 Å². The molecule has 1 heterocycles. The quantitative estimate of drug-likeness (QED) is 0.706. The average molecular weight is 310 g/mol. The molecule has 0 saturated carbocycles. The first-order valence-electron chi connectivity index (χ1n) is 6.80. The SMILES string of the molecule is CCS(=O)(=O)C1CSCCN1C(CCCN)COC. The summed E-state index contributed by atoms with van der Waals surface area (Å²) in [6.07, 6.45) is 1.79. The lowest BCUT2D eigenvalue weighted by atomic mass is 10.1. The predicted molar refractivity (Wildman–Crippen MR) is 81.2 cm³/mol. The van der Waals surface area contributed by atoms with Crippen LogP contribution in [0, 0.1) is 0 Å². The summed E-state index contributed by atoms with van der Waals surface area (Å²) < 4.78 is 29.7. The number of rotatable bonds is 8. The van der Waals surface area contributed by atoms with Crippen molar-refractivity contribution in [1.82, 2.24) is 4.90 Å². The fraction of sp³-hybridized carbons (Fsp3) is 1.00. The third kappa shape index (κ3) is 4.90. The number of hydrogen-bond acceptors (Lipinski definition) is 6. The molecule has 0 amide bonds. The van der Waals surface area contributed by atoms with Gasteiger partial charge < -0.3 is 10.5 Å². The van der Waals surface area contributed by atoms with Gasteiger partial charge in [-0.2, -0.15) is 11.8 Å². The fourth-order valence-corrected chi connectivity index (χ4v) is 5.50. The van der Waals surface area contributed by atoms with Gasteiger partial charge in [-0.1, -0.05) is 6.92 Å². The Hall–Kier alpha value is 0.180. The van der Waals surface area contributed by atoms with Crippen molar-refractivity contribution in [3.8, 4) is 0 Å². The van der Waals surface area contributed by atoms with Gasteiger partial charge in [-0.25, -0.2) is 8.42 Å². The molecule has 19 heavy (non-hydrogen) atoms. The van der Waals surface area contributed by atoms with E-state index in [9.17, 15) is 8.42 Å². The molecule has 1 rings (SSSR count). The van der Waals surface area contributed by atoms with Crippen molar-refractivity contribution in [2.24, 2.45) is 5.73 Å². The fourth-order valence-electron chi connectivity index (χ4n) is 2.40. The van der Waals surface area contributed by atoms with Gasteiger partial charge in [-0.3, -0.25) is 4.90 Å². The minimum Gasteiger partial charge on any atom is -0.383 e. The van der Waals surface area contributed by atoms with Gasteiger partial charge in [-0.05, 0) is 19.4 Å². The summed E-state index contributed by atoms with van der Waals surface area (Å²) in [5.41, 5.74) is 5.57. The standard InChI is InChI=1S/C12H26N2O3S2/c1-3-19(15,16)12-10-18-8-7-14(12)11(9-17-2)5-4-6-13/h11-12H,3-10,13H2,1-2H3. The maximum Gasteiger partial charge on any atom is 0.166 e. The number of hydrogen-bond donors (Lipinski definition) is 1. The third-order valence-corrected chi connectivity index (χ3v) is 6.82. The number of methoxy groups -OCH3 is 1. The number of nitrogens with zero attached hydrogens (tertiary/aromatic N) is 1. The molecular weight excluding hydrogens is 284 g/mol. The molecule has 2 N–H and O–H groups in total. The zero-order valence-corrected chi connectivity index (χ0v) is 13.5. The molecule has 7 heteroatoms. The second kappa shape index (κ2) is 8.46. The van der Waals surface area contributed by atoms with Gasteiger partial charge in [0, 0.05) is 37.0 Å². The van der Waals surface area contributed by atoms with Gasteiger partial charge in [0.05, 0.1) is 6.61 Å². The van der Waals surface area contributed by atoms with Crippen LogP contribution in [0.4, 0.5) is 0 Å². The van der Waals surface area contributed by atoms with Crippen LogP contribution in [0.5, 0.6) is 0 Å². The summed E-state index contributed by atoms with van der Waals surface area (Å²) in [5.74, 6) is 1.85. The number of thioether (sulfide) groups is 1. The number of nitrogens with two attached hydrogens (primary N) is 1. The summed E-state index contributed by atoms with van der Waals surface area (Å²) in [5, 5.41) is -0.367. The zero-order valence-electron chi connectivity index (χ0n) is 11.9. The molecule has 0 aromatic rings. The molecule has 2 atom stereocenters. The van der Waals surface area contributed by atoms with Crippen molar-refractivity contribution < 1.29 is 13.2 Å². The molecule has 5 nitrogen and oxygen atoms in total. The largest absolute Gasteiger partial charge is 0.383 e. The lowest BCUT2D eigenvalue weighted by Gasteiger charge is -2.40. The van der Waals surface area contributed by atoms with Gasteiger partial charge in [0.2, 0.25) is 0 Å². The van der Waals surface area contributed by atoms with Gasteiger partial charge in [0.15, 0.2) is 9.84 Å². The predicted octanol–water partition coefficient (Wildman–Crippen LogP) is 0.550. The first kappa shape index (κ1) is 17.2. The Kier molecular flexibility index (Phi) is 7.68. The van der Waals surface area contributed by atoms with E-state index in [4.69, 9.17) is 10.5 Å². The molecule has 114 valence electrons. The van der Waals surface area contributed by atoms with Crippen LogP contribution in [0.3, 0.4) is 0 Å². The van der Waals surface area contributed by atoms with Crippen LogP contribution in [0.25, 0.3) is 0 Å². The highest BCUT2D eigenvalue weighted by Gasteiger charge is 2.36. The number of ether oxygens (including phenoxy) is 1. The molecular formula is C12H26N2O3S2. The molecule has 1 saturated heterocycles. The summed E-state index contributed by atoms with van der Waals surface area (Å²) >= 11 is 1.72. The molecule has 0 aromatic carbocycles. The molecule has 0 bridgehead atoms. The summed E-state index contributed by atoms with van der Waals surface area (Å²) in [7, 11) is -1.38. The van der Waals surface area contributed by atoms with Crippen LogP contribution in [0.1, 0.15) is 19.8 Å². The molecule has 0 spiro atoms. The smallest absolute Gasteiger partial charge is 0.166 e. The van der Waals surface area contributed by atoms with Crippen LogP contribution in [0.15, 0.2) is 0 Å². The van der Waals surface area contributed by atoms with Crippen molar-refractivity contribution in [1.29, 1.82) is 0 Å². The Morgan fingerprint density at radius 2 is 2.26 bits per heavy atom. The molecule has 2 unspecified atom stereocenters. The van der Waals surface area contributed by atoms with Crippen LogP contribution in [-0.4, -0.2) is 68.8 Å². The normalized spacial score (nSPS) is 23.4. The van der Waals surface area contributed by atoms with Crippen molar-refractivity contribution in [2.45, 2.75) is 31.2 Å². The summed E-state index contributed by atoms with van der Waals surface area (Å²) in [4.78, 5) is 2.12. The van der Waals surface area contributed by atoms with E-state index < -0.39 is 9.84 Å². The highest BCUT2D eigenvalue weighted by Crippen LogP contribution is 2.25. The van der Waals surface area contributed by atoms with Crippen LogP contribution < -0.4 is 5.73 Å². The highest BCUT2D eigenvalue weighted by molar-refractivity contribution is 8.01. The summed E-state index contributed by atoms with van der Waals surface area (Å²) in [6, 6.07) is 0.153. The van der Waals surface area contributed by atoms with E-state index >= 15 is 0 Å². The van der Waals surface area contributed by atoms with E-state index in [1.165, 1.54) is 0 Å². The van der Waals surface area contributed by atoms with E-state index in [-0.39, 0.29) is 17.2 Å². The monoisotopic (exact) mass is 310 g/mol. The lowest BCUT2D eigenvalue weighted by Crippen LogP contribution is -2.53. The van der Waals surface area contributed by atoms with Crippen molar-refractivity contribution >= 4 is 21.6 Å². The maximum absolute atomic E-state index is 12.2. The molecule has 0 aromatic heterocycles. The molecule has 0 aliphatic carbocycles. The Labute approximate surface area is 121 Å². The average Bonchev–Trinajstić information content (AvgIpc) is 2.43.